The summed E-state index contributed by atoms with van der Waals surface area (Å²) in [7, 11) is 1.58. The van der Waals surface area contributed by atoms with Gasteiger partial charge in [-0.05, 0) is 25.3 Å². The number of carbonyl (C=O) groups is 2. The summed E-state index contributed by atoms with van der Waals surface area (Å²) < 4.78 is 0. The smallest absolute Gasteiger partial charge is 0.233 e. The number of carbonyl (C=O) groups excluding carboxylic acids is 2. The molecule has 6 heteroatoms. The summed E-state index contributed by atoms with van der Waals surface area (Å²) in [4.78, 5) is 22.0. The van der Waals surface area contributed by atoms with Crippen molar-refractivity contribution in [1.29, 1.82) is 0 Å². The minimum atomic E-state index is -0.0544. The van der Waals surface area contributed by atoms with Crippen LogP contribution in [0.4, 0.5) is 0 Å². The number of amides is 2. The van der Waals surface area contributed by atoms with E-state index < -0.39 is 0 Å². The lowest BCUT2D eigenvalue weighted by Crippen LogP contribution is -2.36. The lowest BCUT2D eigenvalue weighted by atomic mass is 10.4. The Morgan fingerprint density at radius 1 is 1.25 bits per heavy atom. The first-order valence-corrected chi connectivity index (χ1v) is 5.40. The molecule has 0 aliphatic heterocycles. The third kappa shape index (κ3) is 7.48. The number of halogens is 1. The maximum atomic E-state index is 11.2. The quantitative estimate of drug-likeness (QED) is 0.578. The molecule has 1 aliphatic rings. The van der Waals surface area contributed by atoms with E-state index in [-0.39, 0.29) is 24.2 Å². The molecule has 0 heterocycles. The lowest BCUT2D eigenvalue weighted by Gasteiger charge is -2.05. The first-order chi connectivity index (χ1) is 7.22. The normalized spacial score (nSPS) is 13.8. The molecule has 0 atom stereocenters. The topological polar surface area (TPSA) is 70.2 Å². The van der Waals surface area contributed by atoms with Gasteiger partial charge in [-0.1, -0.05) is 0 Å². The zero-order valence-corrected chi connectivity index (χ0v) is 10.4. The highest BCUT2D eigenvalue weighted by atomic mass is 35.5. The van der Waals surface area contributed by atoms with E-state index in [2.05, 4.69) is 16.0 Å². The second-order valence-corrected chi connectivity index (χ2v) is 3.85. The Morgan fingerprint density at radius 3 is 2.50 bits per heavy atom. The SMILES string of the molecule is CNC(=O)CCNC(=O)CNCC1CC1.Cl. The molecule has 1 aliphatic carbocycles. The summed E-state index contributed by atoms with van der Waals surface area (Å²) in [5, 5.41) is 8.27. The molecular formula is C10H20ClN3O2. The van der Waals surface area contributed by atoms with Crippen LogP contribution in [0.25, 0.3) is 0 Å². The summed E-state index contributed by atoms with van der Waals surface area (Å²) >= 11 is 0. The number of hydrogen-bond acceptors (Lipinski definition) is 3. The molecule has 0 saturated heterocycles. The van der Waals surface area contributed by atoms with Crippen LogP contribution in [0, 0.1) is 5.92 Å². The fourth-order valence-electron chi connectivity index (χ4n) is 1.21. The van der Waals surface area contributed by atoms with E-state index in [1.54, 1.807) is 7.05 Å². The van der Waals surface area contributed by atoms with E-state index in [1.165, 1.54) is 12.8 Å². The van der Waals surface area contributed by atoms with Gasteiger partial charge in [0.15, 0.2) is 0 Å². The van der Waals surface area contributed by atoms with Crippen LogP contribution in [0.2, 0.25) is 0 Å². The molecule has 3 N–H and O–H groups in total. The van der Waals surface area contributed by atoms with Gasteiger partial charge < -0.3 is 16.0 Å². The second kappa shape index (κ2) is 8.35. The van der Waals surface area contributed by atoms with Crippen LogP contribution in [-0.2, 0) is 9.59 Å². The highest BCUT2D eigenvalue weighted by Crippen LogP contribution is 2.27. The van der Waals surface area contributed by atoms with Gasteiger partial charge >= 0.3 is 0 Å². The Morgan fingerprint density at radius 2 is 1.94 bits per heavy atom. The standard InChI is InChI=1S/C10H19N3O2.ClH/c1-11-9(14)4-5-13-10(15)7-12-6-8-2-3-8;/h8,12H,2-7H2,1H3,(H,11,14)(H,13,15);1H. The Kier molecular flexibility index (Phi) is 7.93. The molecule has 0 spiro atoms. The second-order valence-electron chi connectivity index (χ2n) is 3.85. The Balaban J connectivity index is 0.00000225. The third-order valence-electron chi connectivity index (χ3n) is 2.37. The van der Waals surface area contributed by atoms with Crippen molar-refractivity contribution >= 4 is 24.2 Å². The average Bonchev–Trinajstić information content (AvgIpc) is 3.01. The molecule has 2 amide bonds. The van der Waals surface area contributed by atoms with Crippen LogP contribution in [-0.4, -0.2) is 38.5 Å². The summed E-state index contributed by atoms with van der Waals surface area (Å²) in [6.45, 7) is 1.69. The summed E-state index contributed by atoms with van der Waals surface area (Å²) in [5.74, 6) is 0.685. The highest BCUT2D eigenvalue weighted by molar-refractivity contribution is 5.85. The highest BCUT2D eigenvalue weighted by Gasteiger charge is 2.20. The van der Waals surface area contributed by atoms with Crippen LogP contribution >= 0.6 is 12.4 Å². The van der Waals surface area contributed by atoms with Crippen molar-refractivity contribution in [3.05, 3.63) is 0 Å². The van der Waals surface area contributed by atoms with Crippen LogP contribution in [0.15, 0.2) is 0 Å². The summed E-state index contributed by atoms with van der Waals surface area (Å²) in [5.41, 5.74) is 0. The molecule has 1 saturated carbocycles. The van der Waals surface area contributed by atoms with Crippen LogP contribution < -0.4 is 16.0 Å². The summed E-state index contributed by atoms with van der Waals surface area (Å²) in [6, 6.07) is 0. The van der Waals surface area contributed by atoms with Crippen molar-refractivity contribution in [2.75, 3.05) is 26.7 Å². The molecule has 0 unspecified atom stereocenters. The molecule has 94 valence electrons. The van der Waals surface area contributed by atoms with Gasteiger partial charge in [-0.15, -0.1) is 12.4 Å². The average molecular weight is 250 g/mol. The predicted octanol–water partition coefficient (Wildman–Crippen LogP) is -0.340. The van der Waals surface area contributed by atoms with Crippen molar-refractivity contribution in [2.45, 2.75) is 19.3 Å². The maximum absolute atomic E-state index is 11.2. The predicted molar refractivity (Wildman–Crippen MR) is 64.5 cm³/mol. The maximum Gasteiger partial charge on any atom is 0.233 e. The molecule has 0 bridgehead atoms. The lowest BCUT2D eigenvalue weighted by molar-refractivity contribution is -0.121. The minimum Gasteiger partial charge on any atom is -0.359 e. The van der Waals surface area contributed by atoms with Gasteiger partial charge in [0.1, 0.15) is 0 Å². The summed E-state index contributed by atoms with van der Waals surface area (Å²) in [6.07, 6.45) is 2.90. The van der Waals surface area contributed by atoms with Crippen LogP contribution in [0.3, 0.4) is 0 Å². The van der Waals surface area contributed by atoms with E-state index in [1.807, 2.05) is 0 Å². The third-order valence-corrected chi connectivity index (χ3v) is 2.37. The Hall–Kier alpha value is -0.810. The van der Waals surface area contributed by atoms with Crippen molar-refractivity contribution in [2.24, 2.45) is 5.92 Å². The minimum absolute atomic E-state index is 0. The largest absolute Gasteiger partial charge is 0.359 e. The molecule has 0 aromatic carbocycles. The van der Waals surface area contributed by atoms with Gasteiger partial charge in [-0.2, -0.15) is 0 Å². The van der Waals surface area contributed by atoms with Crippen molar-refractivity contribution in [3.63, 3.8) is 0 Å². The van der Waals surface area contributed by atoms with Crippen LogP contribution in [0.5, 0.6) is 0 Å². The molecule has 5 nitrogen and oxygen atoms in total. The van der Waals surface area contributed by atoms with Gasteiger partial charge in [0.05, 0.1) is 6.54 Å². The Bertz CT molecular complexity index is 232. The fourth-order valence-corrected chi connectivity index (χ4v) is 1.21. The molecule has 0 aromatic heterocycles. The van der Waals surface area contributed by atoms with E-state index in [9.17, 15) is 9.59 Å². The van der Waals surface area contributed by atoms with Gasteiger partial charge in [-0.3, -0.25) is 9.59 Å². The van der Waals surface area contributed by atoms with Crippen molar-refractivity contribution in [1.82, 2.24) is 16.0 Å². The molecule has 0 aromatic rings. The van der Waals surface area contributed by atoms with Gasteiger partial charge in [-0.25, -0.2) is 0 Å². The van der Waals surface area contributed by atoms with E-state index in [0.717, 1.165) is 12.5 Å². The van der Waals surface area contributed by atoms with E-state index in [4.69, 9.17) is 0 Å². The zero-order valence-electron chi connectivity index (χ0n) is 9.54. The van der Waals surface area contributed by atoms with Crippen molar-refractivity contribution in [3.8, 4) is 0 Å². The molecule has 1 fully saturated rings. The number of rotatable bonds is 7. The zero-order chi connectivity index (χ0) is 11.1. The number of nitrogens with one attached hydrogen (secondary N) is 3. The van der Waals surface area contributed by atoms with Gasteiger partial charge in [0, 0.05) is 20.0 Å². The fraction of sp³-hybridized carbons (Fsp3) is 0.800. The molecular weight excluding hydrogens is 230 g/mol. The van der Waals surface area contributed by atoms with Crippen molar-refractivity contribution < 1.29 is 9.59 Å². The molecule has 16 heavy (non-hydrogen) atoms. The van der Waals surface area contributed by atoms with Gasteiger partial charge in [0.2, 0.25) is 11.8 Å². The first kappa shape index (κ1) is 15.2. The van der Waals surface area contributed by atoms with Crippen LogP contribution in [0.1, 0.15) is 19.3 Å². The Labute approximate surface area is 102 Å². The van der Waals surface area contributed by atoms with E-state index >= 15 is 0 Å². The van der Waals surface area contributed by atoms with E-state index in [0.29, 0.717) is 19.5 Å². The molecule has 0 radical (unpaired) electrons. The first-order valence-electron chi connectivity index (χ1n) is 5.40. The molecule has 1 rings (SSSR count). The monoisotopic (exact) mass is 249 g/mol. The number of hydrogen-bond donors (Lipinski definition) is 3. The van der Waals surface area contributed by atoms with Gasteiger partial charge in [0.25, 0.3) is 0 Å².